The highest BCUT2D eigenvalue weighted by Crippen LogP contribution is 2.15. The molecule has 0 atom stereocenters. The van der Waals surface area contributed by atoms with Gasteiger partial charge >= 0.3 is 5.97 Å². The largest absolute Gasteiger partial charge is 0.476 e. The molecule has 0 aromatic carbocycles. The number of nitrogens with zero attached hydrogens (tertiary/aromatic N) is 1. The van der Waals surface area contributed by atoms with Gasteiger partial charge < -0.3 is 14.9 Å². The van der Waals surface area contributed by atoms with Gasteiger partial charge in [0.1, 0.15) is 0 Å². The lowest BCUT2D eigenvalue weighted by molar-refractivity contribution is 0.0685. The predicted octanol–water partition coefficient (Wildman–Crippen LogP) is 2.04. The lowest BCUT2D eigenvalue weighted by Gasteiger charge is -2.27. The number of aromatic carboxylic acids is 1. The summed E-state index contributed by atoms with van der Waals surface area (Å²) in [7, 11) is 0. The van der Waals surface area contributed by atoms with E-state index in [1.807, 2.05) is 0 Å². The number of carboxylic acids is 1. The second kappa shape index (κ2) is 5.12. The first kappa shape index (κ1) is 12.7. The van der Waals surface area contributed by atoms with Crippen LogP contribution in [0.1, 0.15) is 49.9 Å². The second-order valence-corrected chi connectivity index (χ2v) is 4.10. The number of rotatable bonds is 6. The van der Waals surface area contributed by atoms with Gasteiger partial charge in [-0.15, -0.1) is 0 Å². The molecule has 5 nitrogen and oxygen atoms in total. The lowest BCUT2D eigenvalue weighted by Crippen LogP contribution is -2.40. The van der Waals surface area contributed by atoms with Gasteiger partial charge in [-0.1, -0.05) is 19.0 Å². The molecule has 1 heterocycles. The fourth-order valence-corrected chi connectivity index (χ4v) is 1.30. The molecule has 0 saturated carbocycles. The predicted molar refractivity (Wildman–Crippen MR) is 59.3 cm³/mol. The van der Waals surface area contributed by atoms with E-state index >= 15 is 0 Å². The van der Waals surface area contributed by atoms with Crippen molar-refractivity contribution in [1.29, 1.82) is 0 Å². The van der Waals surface area contributed by atoms with Crippen LogP contribution in [0.2, 0.25) is 0 Å². The molecule has 0 radical (unpaired) electrons. The average molecular weight is 226 g/mol. The van der Waals surface area contributed by atoms with Crippen LogP contribution in [0.25, 0.3) is 0 Å². The molecule has 0 spiro atoms. The molecule has 16 heavy (non-hydrogen) atoms. The van der Waals surface area contributed by atoms with Gasteiger partial charge in [0.05, 0.1) is 6.54 Å². The lowest BCUT2D eigenvalue weighted by atomic mass is 9.95. The van der Waals surface area contributed by atoms with E-state index in [1.165, 1.54) is 6.07 Å². The van der Waals surface area contributed by atoms with E-state index in [-0.39, 0.29) is 11.2 Å². The van der Waals surface area contributed by atoms with Crippen molar-refractivity contribution in [3.8, 4) is 0 Å². The molecule has 0 fully saturated rings. The van der Waals surface area contributed by atoms with E-state index in [0.29, 0.717) is 12.3 Å². The van der Waals surface area contributed by atoms with Crippen LogP contribution in [-0.2, 0) is 6.54 Å². The van der Waals surface area contributed by atoms with Crippen molar-refractivity contribution in [2.75, 3.05) is 0 Å². The number of carboxylic acid groups (broad SMARTS) is 1. The van der Waals surface area contributed by atoms with Gasteiger partial charge in [0.2, 0.25) is 0 Å². The van der Waals surface area contributed by atoms with Crippen LogP contribution in [0.3, 0.4) is 0 Å². The first-order valence-electron chi connectivity index (χ1n) is 5.44. The molecule has 0 aliphatic carbocycles. The van der Waals surface area contributed by atoms with Crippen molar-refractivity contribution in [1.82, 2.24) is 10.5 Å². The molecule has 1 rings (SSSR count). The fourth-order valence-electron chi connectivity index (χ4n) is 1.30. The maximum absolute atomic E-state index is 10.6. The Morgan fingerprint density at radius 2 is 2.19 bits per heavy atom. The Bertz CT molecular complexity index is 356. The first-order chi connectivity index (χ1) is 7.50. The zero-order valence-corrected chi connectivity index (χ0v) is 9.91. The molecular formula is C11H18N2O3. The van der Waals surface area contributed by atoms with Gasteiger partial charge in [-0.25, -0.2) is 4.79 Å². The zero-order chi connectivity index (χ0) is 12.2. The monoisotopic (exact) mass is 226 g/mol. The Hall–Kier alpha value is -1.36. The summed E-state index contributed by atoms with van der Waals surface area (Å²) < 4.78 is 4.92. The number of aromatic nitrogens is 1. The molecule has 1 aromatic rings. The van der Waals surface area contributed by atoms with E-state index in [0.717, 1.165) is 12.8 Å². The Balaban J connectivity index is 2.57. The fraction of sp³-hybridized carbons (Fsp3) is 0.636. The third kappa shape index (κ3) is 3.06. The van der Waals surface area contributed by atoms with Crippen molar-refractivity contribution in [3.05, 3.63) is 17.5 Å². The molecule has 5 heteroatoms. The molecule has 2 N–H and O–H groups in total. The zero-order valence-electron chi connectivity index (χ0n) is 9.91. The summed E-state index contributed by atoms with van der Waals surface area (Å²) in [5.74, 6) is -0.519. The summed E-state index contributed by atoms with van der Waals surface area (Å²) in [5.41, 5.74) is 0.00223. The first-order valence-corrected chi connectivity index (χ1v) is 5.44. The van der Waals surface area contributed by atoms with Gasteiger partial charge in [0, 0.05) is 11.6 Å². The highest BCUT2D eigenvalue weighted by Gasteiger charge is 2.19. The van der Waals surface area contributed by atoms with Crippen LogP contribution < -0.4 is 5.32 Å². The number of nitrogens with one attached hydrogen (secondary N) is 1. The highest BCUT2D eigenvalue weighted by atomic mass is 16.5. The summed E-state index contributed by atoms with van der Waals surface area (Å²) in [4.78, 5) is 10.6. The highest BCUT2D eigenvalue weighted by molar-refractivity contribution is 5.85. The Labute approximate surface area is 94.8 Å². The number of hydrogen-bond acceptors (Lipinski definition) is 4. The normalized spacial score (nSPS) is 11.7. The summed E-state index contributed by atoms with van der Waals surface area (Å²) in [6.07, 6.45) is 2.01. The summed E-state index contributed by atoms with van der Waals surface area (Å²) in [5, 5.41) is 15.5. The van der Waals surface area contributed by atoms with Crippen LogP contribution in [-0.4, -0.2) is 21.8 Å². The Morgan fingerprint density at radius 1 is 1.56 bits per heavy atom. The van der Waals surface area contributed by atoms with Gasteiger partial charge in [-0.05, 0) is 19.8 Å². The molecule has 1 aromatic heterocycles. The summed E-state index contributed by atoms with van der Waals surface area (Å²) >= 11 is 0. The standard InChI is InChI=1S/C11H18N2O3/c1-4-11(3,5-2)12-7-8-6-9(10(14)15)13-16-8/h6,12H,4-5,7H2,1-3H3,(H,14,15). The number of hydrogen-bond donors (Lipinski definition) is 2. The van der Waals surface area contributed by atoms with Crippen molar-refractivity contribution < 1.29 is 14.4 Å². The minimum Gasteiger partial charge on any atom is -0.476 e. The maximum Gasteiger partial charge on any atom is 0.358 e. The molecule has 0 bridgehead atoms. The van der Waals surface area contributed by atoms with Crippen molar-refractivity contribution in [3.63, 3.8) is 0 Å². The van der Waals surface area contributed by atoms with E-state index in [9.17, 15) is 4.79 Å². The van der Waals surface area contributed by atoms with Crippen LogP contribution in [0.4, 0.5) is 0 Å². The summed E-state index contributed by atoms with van der Waals surface area (Å²) in [6, 6.07) is 1.45. The third-order valence-electron chi connectivity index (χ3n) is 3.03. The van der Waals surface area contributed by atoms with Crippen LogP contribution in [0, 0.1) is 0 Å². The molecule has 90 valence electrons. The average Bonchev–Trinajstić information content (AvgIpc) is 2.75. The van der Waals surface area contributed by atoms with Crippen LogP contribution >= 0.6 is 0 Å². The molecule has 0 unspecified atom stereocenters. The van der Waals surface area contributed by atoms with E-state index in [1.54, 1.807) is 0 Å². The smallest absolute Gasteiger partial charge is 0.358 e. The SMILES string of the molecule is CCC(C)(CC)NCc1cc(C(=O)O)no1. The van der Waals surface area contributed by atoms with E-state index < -0.39 is 5.97 Å². The number of carbonyl (C=O) groups is 1. The maximum atomic E-state index is 10.6. The van der Waals surface area contributed by atoms with Crippen molar-refractivity contribution >= 4 is 5.97 Å². The minimum absolute atomic E-state index is 0.0495. The van der Waals surface area contributed by atoms with Crippen LogP contribution in [0.15, 0.2) is 10.6 Å². The molecule has 0 amide bonds. The van der Waals surface area contributed by atoms with E-state index in [4.69, 9.17) is 9.63 Å². The quantitative estimate of drug-likeness (QED) is 0.776. The van der Waals surface area contributed by atoms with E-state index in [2.05, 4.69) is 31.2 Å². The van der Waals surface area contributed by atoms with Gasteiger partial charge in [-0.3, -0.25) is 0 Å². The second-order valence-electron chi connectivity index (χ2n) is 4.10. The van der Waals surface area contributed by atoms with Gasteiger partial charge in [-0.2, -0.15) is 0 Å². The van der Waals surface area contributed by atoms with Crippen LogP contribution in [0.5, 0.6) is 0 Å². The third-order valence-corrected chi connectivity index (χ3v) is 3.03. The minimum atomic E-state index is -1.07. The Kier molecular flexibility index (Phi) is 4.06. The van der Waals surface area contributed by atoms with Gasteiger partial charge in [0.15, 0.2) is 11.5 Å². The molecular weight excluding hydrogens is 208 g/mol. The Morgan fingerprint density at radius 3 is 2.62 bits per heavy atom. The summed E-state index contributed by atoms with van der Waals surface area (Å²) in [6.45, 7) is 6.85. The molecule has 0 aliphatic rings. The van der Waals surface area contributed by atoms with Gasteiger partial charge in [0.25, 0.3) is 0 Å². The van der Waals surface area contributed by atoms with Crippen molar-refractivity contribution in [2.45, 2.75) is 45.7 Å². The van der Waals surface area contributed by atoms with Crippen molar-refractivity contribution in [2.24, 2.45) is 0 Å². The molecule has 0 aliphatic heterocycles. The topological polar surface area (TPSA) is 75.4 Å². The molecule has 0 saturated heterocycles.